The summed E-state index contributed by atoms with van der Waals surface area (Å²) in [5, 5.41) is 6.51. The molecule has 26 heavy (non-hydrogen) atoms. The molecule has 1 aliphatic heterocycles. The topological polar surface area (TPSA) is 42.9 Å². The van der Waals surface area contributed by atoms with Crippen molar-refractivity contribution in [1.29, 1.82) is 0 Å². The third-order valence-corrected chi connectivity index (χ3v) is 5.15. The minimum absolute atomic E-state index is 0.150. The Morgan fingerprint density at radius 1 is 1.19 bits per heavy atom. The number of halogens is 1. The number of nitrogens with one attached hydrogen (secondary N) is 2. The van der Waals surface area contributed by atoms with Gasteiger partial charge in [-0.1, -0.05) is 13.0 Å². The van der Waals surface area contributed by atoms with Gasteiger partial charge in [0.05, 0.1) is 12.2 Å². The summed E-state index contributed by atoms with van der Waals surface area (Å²) in [4.78, 5) is 9.09. The van der Waals surface area contributed by atoms with Crippen molar-refractivity contribution in [3.63, 3.8) is 0 Å². The Hall–Kier alpha value is -1.47. The van der Waals surface area contributed by atoms with E-state index in [9.17, 15) is 4.39 Å². The Bertz CT molecular complexity index is 573. The number of likely N-dealkylation sites (N-methyl/N-ethyl adjacent to an activating group) is 1. The van der Waals surface area contributed by atoms with Gasteiger partial charge in [0.15, 0.2) is 5.96 Å². The molecule has 146 valence electrons. The van der Waals surface area contributed by atoms with Crippen molar-refractivity contribution in [3.8, 4) is 0 Å². The average Bonchev–Trinajstić information content (AvgIpc) is 2.66. The van der Waals surface area contributed by atoms with Gasteiger partial charge in [-0.3, -0.25) is 0 Å². The predicted molar refractivity (Wildman–Crippen MR) is 112 cm³/mol. The van der Waals surface area contributed by atoms with Crippen LogP contribution in [0.15, 0.2) is 23.2 Å². The Balaban J connectivity index is 1.96. The molecule has 1 saturated heterocycles. The highest BCUT2D eigenvalue weighted by molar-refractivity contribution is 7.98. The molecular weight excluding hydrogens is 349 g/mol. The predicted octanol–water partition coefficient (Wildman–Crippen LogP) is 2.39. The van der Waals surface area contributed by atoms with Crippen LogP contribution in [0.25, 0.3) is 0 Å². The number of guanidine groups is 1. The Kier molecular flexibility index (Phi) is 9.05. The molecule has 0 saturated carbocycles. The van der Waals surface area contributed by atoms with Crippen LogP contribution in [0.4, 0.5) is 10.1 Å². The molecule has 0 spiro atoms. The molecule has 7 heteroatoms. The van der Waals surface area contributed by atoms with Gasteiger partial charge in [0, 0.05) is 45.0 Å². The number of hydrogen-bond acceptors (Lipinski definition) is 4. The molecule has 5 nitrogen and oxygen atoms in total. The minimum Gasteiger partial charge on any atom is -0.367 e. The Labute approximate surface area is 161 Å². The average molecular weight is 382 g/mol. The summed E-state index contributed by atoms with van der Waals surface area (Å²) in [5.41, 5.74) is 1.60. The number of hydrogen-bond donors (Lipinski definition) is 2. The lowest BCUT2D eigenvalue weighted by atomic mass is 10.1. The molecule has 0 atom stereocenters. The summed E-state index contributed by atoms with van der Waals surface area (Å²) < 4.78 is 14.6. The first kappa shape index (κ1) is 20.8. The first-order chi connectivity index (χ1) is 12.7. The summed E-state index contributed by atoms with van der Waals surface area (Å²) in [6, 6.07) is 5.51. The molecule has 1 heterocycles. The van der Waals surface area contributed by atoms with Crippen LogP contribution in [0.5, 0.6) is 0 Å². The fourth-order valence-electron chi connectivity index (χ4n) is 2.99. The lowest BCUT2D eigenvalue weighted by molar-refractivity contribution is 0.270. The fraction of sp³-hybridized carbons (Fsp3) is 0.632. The van der Waals surface area contributed by atoms with E-state index in [-0.39, 0.29) is 5.82 Å². The largest absolute Gasteiger partial charge is 0.367 e. The van der Waals surface area contributed by atoms with Crippen molar-refractivity contribution < 1.29 is 4.39 Å². The highest BCUT2D eigenvalue weighted by Gasteiger charge is 2.18. The highest BCUT2D eigenvalue weighted by Crippen LogP contribution is 2.22. The maximum absolute atomic E-state index is 14.6. The Morgan fingerprint density at radius 3 is 2.58 bits per heavy atom. The minimum atomic E-state index is -0.150. The van der Waals surface area contributed by atoms with Gasteiger partial charge in [0.2, 0.25) is 0 Å². The van der Waals surface area contributed by atoms with Crippen molar-refractivity contribution >= 4 is 23.4 Å². The van der Waals surface area contributed by atoms with Crippen LogP contribution in [-0.2, 0) is 6.54 Å². The number of thioether (sulfide) groups is 1. The van der Waals surface area contributed by atoms with Crippen molar-refractivity contribution in [2.24, 2.45) is 4.99 Å². The summed E-state index contributed by atoms with van der Waals surface area (Å²) >= 11 is 1.79. The van der Waals surface area contributed by atoms with E-state index in [0.717, 1.165) is 63.1 Å². The zero-order valence-electron chi connectivity index (χ0n) is 16.2. The molecule has 0 aliphatic carbocycles. The van der Waals surface area contributed by atoms with Crippen LogP contribution in [0.1, 0.15) is 19.4 Å². The summed E-state index contributed by atoms with van der Waals surface area (Å²) in [6.45, 7) is 11.2. The number of piperazine rings is 1. The summed E-state index contributed by atoms with van der Waals surface area (Å²) in [5.74, 6) is 1.66. The first-order valence-electron chi connectivity index (χ1n) is 9.44. The molecule has 2 rings (SSSR count). The molecule has 2 N–H and O–H groups in total. The van der Waals surface area contributed by atoms with Crippen molar-refractivity contribution in [1.82, 2.24) is 15.5 Å². The van der Waals surface area contributed by atoms with E-state index in [2.05, 4.69) is 38.6 Å². The lowest BCUT2D eigenvalue weighted by Crippen LogP contribution is -2.46. The van der Waals surface area contributed by atoms with Crippen LogP contribution in [0, 0.1) is 5.82 Å². The SMILES string of the molecule is CCNC(=NCc1ccc(N2CCN(CC)CC2)c(F)c1)NCCSC. The number of benzene rings is 1. The second-order valence-electron chi connectivity index (χ2n) is 6.32. The first-order valence-corrected chi connectivity index (χ1v) is 10.8. The number of anilines is 1. The molecule has 0 radical (unpaired) electrons. The monoisotopic (exact) mass is 381 g/mol. The van der Waals surface area contributed by atoms with Gasteiger partial charge in [-0.2, -0.15) is 11.8 Å². The molecule has 0 bridgehead atoms. The maximum atomic E-state index is 14.6. The quantitative estimate of drug-likeness (QED) is 0.411. The van der Waals surface area contributed by atoms with Crippen molar-refractivity contribution in [2.45, 2.75) is 20.4 Å². The number of aliphatic imine (C=N–C) groups is 1. The second-order valence-corrected chi connectivity index (χ2v) is 7.31. The molecule has 1 aromatic carbocycles. The van der Waals surface area contributed by atoms with Gasteiger partial charge < -0.3 is 20.4 Å². The number of nitrogens with zero attached hydrogens (tertiary/aromatic N) is 3. The normalized spacial score (nSPS) is 16.0. The van der Waals surface area contributed by atoms with E-state index in [1.54, 1.807) is 17.8 Å². The molecular formula is C19H32FN5S. The number of rotatable bonds is 8. The molecule has 1 aromatic rings. The van der Waals surface area contributed by atoms with Gasteiger partial charge in [0.1, 0.15) is 5.82 Å². The van der Waals surface area contributed by atoms with E-state index < -0.39 is 0 Å². The zero-order valence-corrected chi connectivity index (χ0v) is 17.0. The maximum Gasteiger partial charge on any atom is 0.191 e. The standard InChI is InChI=1S/C19H32FN5S/c1-4-21-19(22-8-13-26-3)23-15-16-6-7-18(17(20)14-16)25-11-9-24(5-2)10-12-25/h6-7,14H,4-5,8-13,15H2,1-3H3,(H2,21,22,23). The summed E-state index contributed by atoms with van der Waals surface area (Å²) in [7, 11) is 0. The van der Waals surface area contributed by atoms with Crippen LogP contribution in [-0.4, -0.2) is 68.7 Å². The van der Waals surface area contributed by atoms with Crippen molar-refractivity contribution in [2.75, 3.05) is 62.7 Å². The third kappa shape index (κ3) is 6.36. The van der Waals surface area contributed by atoms with E-state index in [4.69, 9.17) is 0 Å². The zero-order chi connectivity index (χ0) is 18.8. The van der Waals surface area contributed by atoms with Crippen LogP contribution >= 0.6 is 11.8 Å². The molecule has 0 aromatic heterocycles. The van der Waals surface area contributed by atoms with Crippen LogP contribution in [0.3, 0.4) is 0 Å². The molecule has 0 unspecified atom stereocenters. The van der Waals surface area contributed by atoms with Gasteiger partial charge >= 0.3 is 0 Å². The van der Waals surface area contributed by atoms with Crippen LogP contribution in [0.2, 0.25) is 0 Å². The highest BCUT2D eigenvalue weighted by atomic mass is 32.2. The van der Waals surface area contributed by atoms with Crippen molar-refractivity contribution in [3.05, 3.63) is 29.6 Å². The smallest absolute Gasteiger partial charge is 0.191 e. The summed E-state index contributed by atoms with van der Waals surface area (Å²) in [6.07, 6.45) is 2.08. The van der Waals surface area contributed by atoms with Gasteiger partial charge in [-0.15, -0.1) is 0 Å². The fourth-order valence-corrected chi connectivity index (χ4v) is 3.30. The van der Waals surface area contributed by atoms with Crippen LogP contribution < -0.4 is 15.5 Å². The molecule has 0 amide bonds. The van der Waals surface area contributed by atoms with Gasteiger partial charge in [-0.05, 0) is 37.4 Å². The van der Waals surface area contributed by atoms with Gasteiger partial charge in [0.25, 0.3) is 0 Å². The van der Waals surface area contributed by atoms with Gasteiger partial charge in [-0.25, -0.2) is 9.38 Å². The molecule has 1 fully saturated rings. The van der Waals surface area contributed by atoms with E-state index in [0.29, 0.717) is 12.2 Å². The van der Waals surface area contributed by atoms with E-state index in [1.165, 1.54) is 0 Å². The third-order valence-electron chi connectivity index (χ3n) is 4.53. The van der Waals surface area contributed by atoms with E-state index in [1.807, 2.05) is 19.1 Å². The lowest BCUT2D eigenvalue weighted by Gasteiger charge is -2.35. The molecule has 1 aliphatic rings. The van der Waals surface area contributed by atoms with E-state index >= 15 is 0 Å². The second kappa shape index (κ2) is 11.3. The Morgan fingerprint density at radius 2 is 1.96 bits per heavy atom.